The molecule has 0 fully saturated rings. The number of nitrogens with two attached hydrogens (primary N) is 1. The van der Waals surface area contributed by atoms with Crippen molar-refractivity contribution in [3.8, 4) is 0 Å². The Morgan fingerprint density at radius 2 is 2.12 bits per heavy atom. The molecule has 0 radical (unpaired) electrons. The molecule has 0 amide bonds. The third kappa shape index (κ3) is 4.59. The van der Waals surface area contributed by atoms with Crippen molar-refractivity contribution in [3.63, 3.8) is 0 Å². The first kappa shape index (κ1) is 18.4. The molecule has 2 N–H and O–H groups in total. The van der Waals surface area contributed by atoms with Crippen LogP contribution in [0, 0.1) is 5.41 Å². The number of hydrogen-bond acceptors (Lipinski definition) is 5. The molecule has 0 bridgehead atoms. The lowest BCUT2D eigenvalue weighted by Crippen LogP contribution is -2.31. The molecule has 0 unspecified atom stereocenters. The van der Waals surface area contributed by atoms with Crippen LogP contribution in [-0.2, 0) is 13.0 Å². The van der Waals surface area contributed by atoms with Gasteiger partial charge in [-0.25, -0.2) is 9.97 Å². The van der Waals surface area contributed by atoms with Gasteiger partial charge in [0.25, 0.3) is 0 Å². The summed E-state index contributed by atoms with van der Waals surface area (Å²) in [5.74, 6) is 0.560. The average molecular weight is 352 g/mol. The van der Waals surface area contributed by atoms with Crippen LogP contribution in [0.2, 0.25) is 0 Å². The SMILES string of the molecule is CC(C)(C)CCCC(=O)c1cccc(N2CCc3nc(N)ncc3C2)c1. The van der Waals surface area contributed by atoms with E-state index in [-0.39, 0.29) is 11.2 Å². The van der Waals surface area contributed by atoms with Crippen molar-refractivity contribution in [2.75, 3.05) is 17.2 Å². The Bertz CT molecular complexity index is 795. The maximum Gasteiger partial charge on any atom is 0.220 e. The Labute approximate surface area is 155 Å². The number of aromatic nitrogens is 2. The molecular formula is C21H28N4O. The van der Waals surface area contributed by atoms with E-state index < -0.39 is 0 Å². The Hall–Kier alpha value is -2.43. The molecule has 2 aromatic rings. The number of carbonyl (C=O) groups is 1. The van der Waals surface area contributed by atoms with Crippen LogP contribution in [0.4, 0.5) is 11.6 Å². The fraction of sp³-hybridized carbons (Fsp3) is 0.476. The smallest absolute Gasteiger partial charge is 0.220 e. The fourth-order valence-electron chi connectivity index (χ4n) is 3.35. The number of ketones is 1. The lowest BCUT2D eigenvalue weighted by atomic mass is 9.89. The first-order valence-electron chi connectivity index (χ1n) is 9.30. The van der Waals surface area contributed by atoms with E-state index in [1.165, 1.54) is 0 Å². The van der Waals surface area contributed by atoms with Gasteiger partial charge in [-0.3, -0.25) is 4.79 Å². The normalized spacial score (nSPS) is 14.2. The van der Waals surface area contributed by atoms with E-state index in [0.29, 0.717) is 12.4 Å². The average Bonchev–Trinajstić information content (AvgIpc) is 2.60. The number of hydrogen-bond donors (Lipinski definition) is 1. The molecule has 1 aliphatic rings. The van der Waals surface area contributed by atoms with E-state index in [2.05, 4.69) is 41.7 Å². The standard InChI is InChI=1S/C21H28N4O/c1-21(2,3)10-5-8-19(26)15-6-4-7-17(12-15)25-11-9-18-16(14-25)13-23-20(22)24-18/h4,6-7,12-13H,5,8-11,14H2,1-3H3,(H2,22,23,24). The van der Waals surface area contributed by atoms with Gasteiger partial charge in [0.2, 0.25) is 5.95 Å². The predicted molar refractivity (Wildman–Crippen MR) is 105 cm³/mol. The molecule has 1 aliphatic heterocycles. The minimum absolute atomic E-state index is 0.226. The van der Waals surface area contributed by atoms with Crippen LogP contribution in [0.15, 0.2) is 30.5 Å². The van der Waals surface area contributed by atoms with Gasteiger partial charge in [-0.1, -0.05) is 32.9 Å². The van der Waals surface area contributed by atoms with Gasteiger partial charge in [-0.15, -0.1) is 0 Å². The molecule has 3 rings (SSSR count). The number of fused-ring (bicyclic) bond motifs is 1. The molecule has 138 valence electrons. The number of nitrogens with zero attached hydrogens (tertiary/aromatic N) is 3. The molecule has 26 heavy (non-hydrogen) atoms. The molecule has 5 nitrogen and oxygen atoms in total. The highest BCUT2D eigenvalue weighted by Crippen LogP contribution is 2.26. The summed E-state index contributed by atoms with van der Waals surface area (Å²) < 4.78 is 0. The van der Waals surface area contributed by atoms with Gasteiger partial charge in [0.15, 0.2) is 5.78 Å². The monoisotopic (exact) mass is 352 g/mol. The third-order valence-corrected chi connectivity index (χ3v) is 4.82. The third-order valence-electron chi connectivity index (χ3n) is 4.82. The van der Waals surface area contributed by atoms with E-state index in [4.69, 9.17) is 5.73 Å². The minimum Gasteiger partial charge on any atom is -0.368 e. The highest BCUT2D eigenvalue weighted by molar-refractivity contribution is 5.96. The van der Waals surface area contributed by atoms with Crippen LogP contribution in [0.1, 0.15) is 61.6 Å². The summed E-state index contributed by atoms with van der Waals surface area (Å²) in [6, 6.07) is 7.98. The second-order valence-electron chi connectivity index (χ2n) is 8.26. The molecule has 5 heteroatoms. The van der Waals surface area contributed by atoms with Crippen LogP contribution < -0.4 is 10.6 Å². The van der Waals surface area contributed by atoms with Crippen molar-refractivity contribution in [2.24, 2.45) is 5.41 Å². The fourth-order valence-corrected chi connectivity index (χ4v) is 3.35. The second-order valence-corrected chi connectivity index (χ2v) is 8.26. The number of rotatable bonds is 5. The lowest BCUT2D eigenvalue weighted by Gasteiger charge is -2.30. The van der Waals surface area contributed by atoms with Gasteiger partial charge in [-0.05, 0) is 30.4 Å². The van der Waals surface area contributed by atoms with Crippen LogP contribution in [0.3, 0.4) is 0 Å². The van der Waals surface area contributed by atoms with Crippen molar-refractivity contribution in [2.45, 2.75) is 53.0 Å². The molecule has 1 aromatic carbocycles. The molecule has 1 aromatic heterocycles. The van der Waals surface area contributed by atoms with Crippen molar-refractivity contribution in [3.05, 3.63) is 47.3 Å². The highest BCUT2D eigenvalue weighted by Gasteiger charge is 2.19. The van der Waals surface area contributed by atoms with Gasteiger partial charge in [0, 0.05) is 48.9 Å². The first-order valence-corrected chi connectivity index (χ1v) is 9.30. The summed E-state index contributed by atoms with van der Waals surface area (Å²) in [6.45, 7) is 8.25. The number of carbonyl (C=O) groups excluding carboxylic acids is 1. The molecular weight excluding hydrogens is 324 g/mol. The first-order chi connectivity index (χ1) is 12.3. The van der Waals surface area contributed by atoms with Crippen LogP contribution in [-0.4, -0.2) is 22.3 Å². The Morgan fingerprint density at radius 1 is 1.31 bits per heavy atom. The summed E-state index contributed by atoms with van der Waals surface area (Å²) >= 11 is 0. The van der Waals surface area contributed by atoms with E-state index in [1.807, 2.05) is 24.4 Å². The number of anilines is 2. The Balaban J connectivity index is 1.68. The van der Waals surface area contributed by atoms with E-state index in [9.17, 15) is 4.79 Å². The van der Waals surface area contributed by atoms with Crippen LogP contribution in [0.5, 0.6) is 0 Å². The molecule has 0 saturated heterocycles. The highest BCUT2D eigenvalue weighted by atomic mass is 16.1. The number of nitrogen functional groups attached to an aromatic ring is 1. The Morgan fingerprint density at radius 3 is 2.88 bits per heavy atom. The minimum atomic E-state index is 0.226. The van der Waals surface area contributed by atoms with Gasteiger partial charge in [0.1, 0.15) is 0 Å². The summed E-state index contributed by atoms with van der Waals surface area (Å²) in [4.78, 5) is 23.3. The zero-order valence-electron chi connectivity index (χ0n) is 16.0. The Kier molecular flexibility index (Phi) is 5.25. The molecule has 0 aliphatic carbocycles. The van der Waals surface area contributed by atoms with Gasteiger partial charge < -0.3 is 10.6 Å². The van der Waals surface area contributed by atoms with E-state index in [1.54, 1.807) is 0 Å². The zero-order valence-corrected chi connectivity index (χ0v) is 16.0. The summed E-state index contributed by atoms with van der Waals surface area (Å²) in [5, 5.41) is 0. The molecule has 0 atom stereocenters. The van der Waals surface area contributed by atoms with Crippen LogP contribution in [0.25, 0.3) is 0 Å². The number of Topliss-reactive ketones (excluding diaryl/α,β-unsaturated/α-hetero) is 1. The van der Waals surface area contributed by atoms with Crippen LogP contribution >= 0.6 is 0 Å². The maximum atomic E-state index is 12.5. The largest absolute Gasteiger partial charge is 0.368 e. The molecule has 2 heterocycles. The van der Waals surface area contributed by atoms with Crippen molar-refractivity contribution >= 4 is 17.4 Å². The van der Waals surface area contributed by atoms with Crippen molar-refractivity contribution < 1.29 is 4.79 Å². The maximum absolute atomic E-state index is 12.5. The molecule has 0 spiro atoms. The van der Waals surface area contributed by atoms with Gasteiger partial charge >= 0.3 is 0 Å². The second kappa shape index (κ2) is 7.44. The van der Waals surface area contributed by atoms with Gasteiger partial charge in [0.05, 0.1) is 5.69 Å². The van der Waals surface area contributed by atoms with Gasteiger partial charge in [-0.2, -0.15) is 0 Å². The van der Waals surface area contributed by atoms with Crippen molar-refractivity contribution in [1.29, 1.82) is 0 Å². The summed E-state index contributed by atoms with van der Waals surface area (Å²) in [7, 11) is 0. The zero-order chi connectivity index (χ0) is 18.7. The van der Waals surface area contributed by atoms with Crippen molar-refractivity contribution in [1.82, 2.24) is 9.97 Å². The quantitative estimate of drug-likeness (QED) is 0.823. The van der Waals surface area contributed by atoms with E-state index >= 15 is 0 Å². The topological polar surface area (TPSA) is 72.1 Å². The van der Waals surface area contributed by atoms with E-state index in [0.717, 1.165) is 54.9 Å². The number of benzene rings is 1. The lowest BCUT2D eigenvalue weighted by molar-refractivity contribution is 0.0976. The molecule has 0 saturated carbocycles. The summed E-state index contributed by atoms with van der Waals surface area (Å²) in [6.07, 6.45) is 5.25. The summed E-state index contributed by atoms with van der Waals surface area (Å²) in [5.41, 5.74) is 9.96. The predicted octanol–water partition coefficient (Wildman–Crippen LogP) is 4.02.